The first-order valence-electron chi connectivity index (χ1n) is 6.52. The Balaban J connectivity index is 0. The van der Waals surface area contributed by atoms with Crippen LogP contribution < -0.4 is 16.3 Å². The van der Waals surface area contributed by atoms with Crippen LogP contribution in [0.1, 0.15) is 48.5 Å². The first-order chi connectivity index (χ1) is 8.07. The van der Waals surface area contributed by atoms with E-state index in [0.717, 1.165) is 16.3 Å². The van der Waals surface area contributed by atoms with Crippen molar-refractivity contribution >= 4 is 11.8 Å². The Morgan fingerprint density at radius 2 is 1.76 bits per heavy atom. The SMILES string of the molecule is C/C=c1\c(=C(/N)C(C)C)cnn1C.CC.CC. The molecule has 0 unspecified atom stereocenters. The lowest BCUT2D eigenvalue weighted by Crippen LogP contribution is -2.32. The van der Waals surface area contributed by atoms with Gasteiger partial charge in [0.05, 0.1) is 11.5 Å². The molecule has 0 aliphatic rings. The molecule has 0 saturated heterocycles. The summed E-state index contributed by atoms with van der Waals surface area (Å²) in [6.45, 7) is 14.2. The second-order valence-electron chi connectivity index (χ2n) is 3.47. The molecule has 3 nitrogen and oxygen atoms in total. The van der Waals surface area contributed by atoms with Crippen molar-refractivity contribution in [2.75, 3.05) is 0 Å². The molecule has 0 bridgehead atoms. The summed E-state index contributed by atoms with van der Waals surface area (Å²) in [5.74, 6) is 0.364. The van der Waals surface area contributed by atoms with Crippen molar-refractivity contribution in [1.82, 2.24) is 9.78 Å². The molecule has 17 heavy (non-hydrogen) atoms. The normalized spacial score (nSPS) is 12.4. The van der Waals surface area contributed by atoms with E-state index in [1.807, 2.05) is 58.6 Å². The zero-order chi connectivity index (χ0) is 14.0. The lowest BCUT2D eigenvalue weighted by molar-refractivity contribution is 0.741. The van der Waals surface area contributed by atoms with Crippen LogP contribution in [-0.2, 0) is 7.05 Å². The van der Waals surface area contributed by atoms with Gasteiger partial charge in [0.15, 0.2) is 0 Å². The maximum absolute atomic E-state index is 5.97. The van der Waals surface area contributed by atoms with Gasteiger partial charge in [0.2, 0.25) is 0 Å². The fourth-order valence-electron chi connectivity index (χ4n) is 1.32. The molecule has 0 radical (unpaired) electrons. The lowest BCUT2D eigenvalue weighted by Gasteiger charge is -2.02. The molecule has 0 aliphatic heterocycles. The van der Waals surface area contributed by atoms with E-state index in [0.29, 0.717) is 5.92 Å². The van der Waals surface area contributed by atoms with Crippen molar-refractivity contribution in [3.63, 3.8) is 0 Å². The molecule has 1 heterocycles. The highest BCUT2D eigenvalue weighted by molar-refractivity contribution is 5.42. The zero-order valence-corrected chi connectivity index (χ0v) is 12.7. The van der Waals surface area contributed by atoms with Crippen molar-refractivity contribution in [1.29, 1.82) is 0 Å². The number of aromatic nitrogens is 2. The third-order valence-corrected chi connectivity index (χ3v) is 2.19. The van der Waals surface area contributed by atoms with Crippen molar-refractivity contribution in [3.8, 4) is 0 Å². The van der Waals surface area contributed by atoms with E-state index < -0.39 is 0 Å². The van der Waals surface area contributed by atoms with Crippen LogP contribution in [0.2, 0.25) is 0 Å². The summed E-state index contributed by atoms with van der Waals surface area (Å²) >= 11 is 0. The van der Waals surface area contributed by atoms with Crippen molar-refractivity contribution < 1.29 is 0 Å². The van der Waals surface area contributed by atoms with Gasteiger partial charge in [-0.15, -0.1) is 0 Å². The number of rotatable bonds is 1. The van der Waals surface area contributed by atoms with Crippen LogP contribution in [0.4, 0.5) is 0 Å². The van der Waals surface area contributed by atoms with Crippen LogP contribution in [0.3, 0.4) is 0 Å². The van der Waals surface area contributed by atoms with Crippen molar-refractivity contribution in [3.05, 3.63) is 16.8 Å². The van der Waals surface area contributed by atoms with Crippen LogP contribution in [0.15, 0.2) is 6.20 Å². The predicted molar refractivity (Wildman–Crippen MR) is 77.7 cm³/mol. The molecule has 0 amide bonds. The summed E-state index contributed by atoms with van der Waals surface area (Å²) in [5, 5.41) is 6.32. The van der Waals surface area contributed by atoms with Gasteiger partial charge in [-0.1, -0.05) is 47.6 Å². The molecule has 0 fully saturated rings. The first-order valence-corrected chi connectivity index (χ1v) is 6.52. The summed E-state index contributed by atoms with van der Waals surface area (Å²) in [7, 11) is 1.92. The monoisotopic (exact) mass is 239 g/mol. The summed E-state index contributed by atoms with van der Waals surface area (Å²) in [6.07, 6.45) is 3.85. The average molecular weight is 239 g/mol. The Morgan fingerprint density at radius 3 is 2.12 bits per heavy atom. The van der Waals surface area contributed by atoms with E-state index in [-0.39, 0.29) is 0 Å². The lowest BCUT2D eigenvalue weighted by atomic mass is 10.1. The minimum atomic E-state index is 0.364. The van der Waals surface area contributed by atoms with Gasteiger partial charge in [0.25, 0.3) is 0 Å². The third-order valence-electron chi connectivity index (χ3n) is 2.19. The fraction of sp³-hybridized carbons (Fsp3) is 0.643. The first kappa shape index (κ1) is 18.1. The maximum Gasteiger partial charge on any atom is 0.0653 e. The number of hydrogen-bond acceptors (Lipinski definition) is 2. The van der Waals surface area contributed by atoms with E-state index in [1.165, 1.54) is 0 Å². The van der Waals surface area contributed by atoms with E-state index in [9.17, 15) is 0 Å². The molecule has 0 aliphatic carbocycles. The fourth-order valence-corrected chi connectivity index (χ4v) is 1.32. The molecule has 3 heteroatoms. The molecule has 100 valence electrons. The molecular formula is C14H29N3. The molecule has 2 N–H and O–H groups in total. The Morgan fingerprint density at radius 1 is 1.29 bits per heavy atom. The largest absolute Gasteiger partial charge is 0.401 e. The van der Waals surface area contributed by atoms with E-state index >= 15 is 0 Å². The Bertz CT molecular complexity index is 400. The van der Waals surface area contributed by atoms with E-state index in [4.69, 9.17) is 5.73 Å². The van der Waals surface area contributed by atoms with E-state index in [1.54, 1.807) is 0 Å². The highest BCUT2D eigenvalue weighted by Gasteiger charge is 2.01. The summed E-state index contributed by atoms with van der Waals surface area (Å²) in [5.41, 5.74) is 6.87. The minimum absolute atomic E-state index is 0.364. The topological polar surface area (TPSA) is 43.8 Å². The van der Waals surface area contributed by atoms with E-state index in [2.05, 4.69) is 18.9 Å². The standard InChI is InChI=1S/C10H17N3.2C2H6/c1-5-9-8(6-12-13(9)4)10(11)7(2)3;2*1-2/h5-7H,11H2,1-4H3;2*1-2H3/b9-5+,10-8-;;. The number of aryl methyl sites for hydroxylation is 1. The zero-order valence-electron chi connectivity index (χ0n) is 12.7. The third kappa shape index (κ3) is 5.07. The molecule has 0 atom stereocenters. The number of hydrogen-bond donors (Lipinski definition) is 1. The van der Waals surface area contributed by atoms with Gasteiger partial charge in [0, 0.05) is 18.0 Å². The van der Waals surface area contributed by atoms with Crippen LogP contribution in [-0.4, -0.2) is 9.78 Å². The van der Waals surface area contributed by atoms with Gasteiger partial charge < -0.3 is 5.73 Å². The van der Waals surface area contributed by atoms with Gasteiger partial charge >= 0.3 is 0 Å². The van der Waals surface area contributed by atoms with Crippen molar-refractivity contribution in [2.45, 2.75) is 48.5 Å². The summed E-state index contributed by atoms with van der Waals surface area (Å²) in [4.78, 5) is 0. The van der Waals surface area contributed by atoms with Crippen LogP contribution >= 0.6 is 0 Å². The van der Waals surface area contributed by atoms with Crippen LogP contribution in [0.25, 0.3) is 11.8 Å². The Hall–Kier alpha value is -1.25. The number of nitrogens with zero attached hydrogens (tertiary/aromatic N) is 2. The maximum atomic E-state index is 5.97. The highest BCUT2D eigenvalue weighted by Crippen LogP contribution is 1.98. The van der Waals surface area contributed by atoms with Gasteiger partial charge in [0.1, 0.15) is 0 Å². The minimum Gasteiger partial charge on any atom is -0.401 e. The second kappa shape index (κ2) is 9.94. The quantitative estimate of drug-likeness (QED) is 0.814. The van der Waals surface area contributed by atoms with Crippen LogP contribution in [0.5, 0.6) is 0 Å². The summed E-state index contributed by atoms with van der Waals surface area (Å²) < 4.78 is 1.84. The second-order valence-corrected chi connectivity index (χ2v) is 3.47. The molecule has 1 aromatic rings. The van der Waals surface area contributed by atoms with Gasteiger partial charge in [-0.2, -0.15) is 5.10 Å². The molecule has 1 rings (SSSR count). The molecule has 1 aromatic heterocycles. The van der Waals surface area contributed by atoms with Gasteiger partial charge in [-0.3, -0.25) is 4.68 Å². The number of nitrogens with two attached hydrogens (primary N) is 1. The Kier molecular flexibility index (Phi) is 10.6. The molecule has 0 spiro atoms. The van der Waals surface area contributed by atoms with Crippen LogP contribution in [0, 0.1) is 5.92 Å². The summed E-state index contributed by atoms with van der Waals surface area (Å²) in [6, 6.07) is 0. The van der Waals surface area contributed by atoms with Gasteiger partial charge in [-0.05, 0) is 12.8 Å². The highest BCUT2D eigenvalue weighted by atomic mass is 15.2. The molecule has 0 saturated carbocycles. The molecule has 0 aromatic carbocycles. The smallest absolute Gasteiger partial charge is 0.0653 e. The predicted octanol–water partition coefficient (Wildman–Crippen LogP) is 2.00. The van der Waals surface area contributed by atoms with Gasteiger partial charge in [-0.25, -0.2) is 0 Å². The Labute approximate surface area is 106 Å². The average Bonchev–Trinajstić information content (AvgIpc) is 2.74. The molecular weight excluding hydrogens is 210 g/mol. The van der Waals surface area contributed by atoms with Crippen molar-refractivity contribution in [2.24, 2.45) is 18.7 Å².